The molecule has 18 heavy (non-hydrogen) atoms. The average Bonchev–Trinajstić information content (AvgIpc) is 2.69. The zero-order valence-corrected chi connectivity index (χ0v) is 11.6. The van der Waals surface area contributed by atoms with E-state index in [-0.39, 0.29) is 11.9 Å². The van der Waals surface area contributed by atoms with Crippen molar-refractivity contribution in [3.63, 3.8) is 0 Å². The van der Waals surface area contributed by atoms with Crippen molar-refractivity contribution < 1.29 is 4.79 Å². The summed E-state index contributed by atoms with van der Waals surface area (Å²) in [5.74, 6) is 0.0489. The Morgan fingerprint density at radius 3 is 2.89 bits per heavy atom. The first-order valence-corrected chi connectivity index (χ1v) is 6.89. The van der Waals surface area contributed by atoms with Gasteiger partial charge in [-0.15, -0.1) is 0 Å². The van der Waals surface area contributed by atoms with Crippen molar-refractivity contribution in [3.05, 3.63) is 28.3 Å². The first-order valence-electron chi connectivity index (χ1n) is 6.51. The van der Waals surface area contributed by atoms with Crippen LogP contribution in [-0.2, 0) is 11.2 Å². The zero-order chi connectivity index (χ0) is 13.1. The number of anilines is 1. The average molecular weight is 267 g/mol. The number of nitrogens with one attached hydrogen (secondary N) is 2. The van der Waals surface area contributed by atoms with Gasteiger partial charge in [-0.1, -0.05) is 31.5 Å². The van der Waals surface area contributed by atoms with Crippen molar-refractivity contribution in [3.8, 4) is 0 Å². The summed E-state index contributed by atoms with van der Waals surface area (Å²) in [6, 6.07) is 4.19. The van der Waals surface area contributed by atoms with Crippen LogP contribution in [0.2, 0.25) is 5.02 Å². The molecule has 1 aromatic carbocycles. The van der Waals surface area contributed by atoms with E-state index in [1.54, 1.807) is 0 Å². The number of carbonyl (C=O) groups is 1. The summed E-state index contributed by atoms with van der Waals surface area (Å²) in [5.41, 5.74) is 3.01. The van der Waals surface area contributed by atoms with Crippen LogP contribution in [0.15, 0.2) is 12.1 Å². The van der Waals surface area contributed by atoms with E-state index in [0.717, 1.165) is 41.2 Å². The lowest BCUT2D eigenvalue weighted by molar-refractivity contribution is -0.115. The standard InChI is InChI=1S/C14H19ClN2O/c1-3-5-16-12(4-2)10-6-9-7-14(18)17-13(9)8-11(10)15/h6,8,12,16H,3-5,7H2,1-2H3,(H,17,18). The first-order chi connectivity index (χ1) is 8.65. The maximum Gasteiger partial charge on any atom is 0.228 e. The molecule has 0 saturated heterocycles. The van der Waals surface area contributed by atoms with Gasteiger partial charge in [-0.25, -0.2) is 0 Å². The minimum atomic E-state index is 0.0489. The second-order valence-electron chi connectivity index (χ2n) is 4.67. The Hall–Kier alpha value is -1.06. The Balaban J connectivity index is 2.27. The number of carbonyl (C=O) groups excluding carboxylic acids is 1. The lowest BCUT2D eigenvalue weighted by Crippen LogP contribution is -2.21. The van der Waals surface area contributed by atoms with Crippen LogP contribution in [-0.4, -0.2) is 12.5 Å². The van der Waals surface area contributed by atoms with E-state index in [9.17, 15) is 4.79 Å². The normalized spacial score (nSPS) is 15.4. The predicted octanol–water partition coefficient (Wildman–Crippen LogP) is 3.29. The van der Waals surface area contributed by atoms with Gasteiger partial charge in [0.1, 0.15) is 0 Å². The van der Waals surface area contributed by atoms with Gasteiger partial charge in [0, 0.05) is 16.8 Å². The molecule has 2 rings (SSSR count). The molecule has 0 aromatic heterocycles. The van der Waals surface area contributed by atoms with Gasteiger partial charge in [0.15, 0.2) is 0 Å². The molecule has 1 heterocycles. The molecule has 1 aliphatic rings. The molecule has 4 heteroatoms. The van der Waals surface area contributed by atoms with Crippen molar-refractivity contribution in [1.29, 1.82) is 0 Å². The largest absolute Gasteiger partial charge is 0.325 e. The number of rotatable bonds is 5. The van der Waals surface area contributed by atoms with Gasteiger partial charge >= 0.3 is 0 Å². The summed E-state index contributed by atoms with van der Waals surface area (Å²) in [6.07, 6.45) is 2.54. The lowest BCUT2D eigenvalue weighted by Gasteiger charge is -2.19. The van der Waals surface area contributed by atoms with Crippen LogP contribution < -0.4 is 10.6 Å². The van der Waals surface area contributed by atoms with Crippen LogP contribution in [0, 0.1) is 0 Å². The molecule has 0 saturated carbocycles. The Morgan fingerprint density at radius 1 is 1.44 bits per heavy atom. The zero-order valence-electron chi connectivity index (χ0n) is 10.8. The third-order valence-corrected chi connectivity index (χ3v) is 3.60. The number of amides is 1. The van der Waals surface area contributed by atoms with E-state index in [2.05, 4.69) is 30.5 Å². The van der Waals surface area contributed by atoms with Crippen LogP contribution in [0.25, 0.3) is 0 Å². The molecule has 0 bridgehead atoms. The molecule has 0 fully saturated rings. The van der Waals surface area contributed by atoms with Crippen LogP contribution >= 0.6 is 11.6 Å². The van der Waals surface area contributed by atoms with Crippen molar-refractivity contribution >= 4 is 23.2 Å². The fraction of sp³-hybridized carbons (Fsp3) is 0.500. The summed E-state index contributed by atoms with van der Waals surface area (Å²) >= 11 is 6.32. The highest BCUT2D eigenvalue weighted by Gasteiger charge is 2.21. The van der Waals surface area contributed by atoms with Crippen LogP contribution in [0.1, 0.15) is 43.9 Å². The lowest BCUT2D eigenvalue weighted by atomic mass is 10.00. The maximum absolute atomic E-state index is 11.4. The summed E-state index contributed by atoms with van der Waals surface area (Å²) in [7, 11) is 0. The molecule has 1 aliphatic heterocycles. The van der Waals surface area contributed by atoms with Gasteiger partial charge in [0.05, 0.1) is 6.42 Å². The van der Waals surface area contributed by atoms with E-state index in [1.807, 2.05) is 6.07 Å². The third-order valence-electron chi connectivity index (χ3n) is 3.27. The maximum atomic E-state index is 11.4. The number of halogens is 1. The Morgan fingerprint density at radius 2 is 2.22 bits per heavy atom. The second kappa shape index (κ2) is 5.72. The summed E-state index contributed by atoms with van der Waals surface area (Å²) < 4.78 is 0. The van der Waals surface area contributed by atoms with Crippen molar-refractivity contribution in [1.82, 2.24) is 5.32 Å². The van der Waals surface area contributed by atoms with Gasteiger partial charge < -0.3 is 10.6 Å². The molecule has 1 amide bonds. The number of fused-ring (bicyclic) bond motifs is 1. The third kappa shape index (κ3) is 2.68. The second-order valence-corrected chi connectivity index (χ2v) is 5.08. The quantitative estimate of drug-likeness (QED) is 0.859. The Labute approximate surface area is 113 Å². The molecule has 2 N–H and O–H groups in total. The highest BCUT2D eigenvalue weighted by atomic mass is 35.5. The van der Waals surface area contributed by atoms with Gasteiger partial charge in [-0.3, -0.25) is 4.79 Å². The molecule has 1 atom stereocenters. The monoisotopic (exact) mass is 266 g/mol. The van der Waals surface area contributed by atoms with Crippen LogP contribution in [0.5, 0.6) is 0 Å². The number of benzene rings is 1. The first kappa shape index (κ1) is 13.4. The fourth-order valence-corrected chi connectivity index (χ4v) is 2.62. The van der Waals surface area contributed by atoms with Gasteiger partial charge in [-0.2, -0.15) is 0 Å². The molecule has 0 radical (unpaired) electrons. The molecule has 1 aromatic rings. The summed E-state index contributed by atoms with van der Waals surface area (Å²) in [6.45, 7) is 5.26. The highest BCUT2D eigenvalue weighted by Crippen LogP contribution is 2.33. The van der Waals surface area contributed by atoms with E-state index >= 15 is 0 Å². The van der Waals surface area contributed by atoms with Crippen molar-refractivity contribution in [2.75, 3.05) is 11.9 Å². The molecule has 3 nitrogen and oxygen atoms in total. The topological polar surface area (TPSA) is 41.1 Å². The minimum absolute atomic E-state index is 0.0489. The van der Waals surface area contributed by atoms with Gasteiger partial charge in [0.25, 0.3) is 0 Å². The molecule has 1 unspecified atom stereocenters. The van der Waals surface area contributed by atoms with E-state index in [1.165, 1.54) is 0 Å². The number of hydrogen-bond acceptors (Lipinski definition) is 2. The molecular formula is C14H19ClN2O. The molecule has 0 aliphatic carbocycles. The SMILES string of the molecule is CCCNC(CC)c1cc2c(cc1Cl)NC(=O)C2. The highest BCUT2D eigenvalue weighted by molar-refractivity contribution is 6.32. The van der Waals surface area contributed by atoms with Gasteiger partial charge in [0.2, 0.25) is 5.91 Å². The van der Waals surface area contributed by atoms with E-state index < -0.39 is 0 Å². The van der Waals surface area contributed by atoms with Crippen LogP contribution in [0.4, 0.5) is 5.69 Å². The predicted molar refractivity (Wildman–Crippen MR) is 75.1 cm³/mol. The minimum Gasteiger partial charge on any atom is -0.325 e. The van der Waals surface area contributed by atoms with Crippen molar-refractivity contribution in [2.24, 2.45) is 0 Å². The van der Waals surface area contributed by atoms with E-state index in [4.69, 9.17) is 11.6 Å². The summed E-state index contributed by atoms with van der Waals surface area (Å²) in [5, 5.41) is 7.04. The van der Waals surface area contributed by atoms with E-state index in [0.29, 0.717) is 6.42 Å². The fourth-order valence-electron chi connectivity index (χ4n) is 2.33. The van der Waals surface area contributed by atoms with Crippen molar-refractivity contribution in [2.45, 2.75) is 39.2 Å². The Bertz CT molecular complexity index is 459. The number of hydrogen-bond donors (Lipinski definition) is 2. The smallest absolute Gasteiger partial charge is 0.228 e. The summed E-state index contributed by atoms with van der Waals surface area (Å²) in [4.78, 5) is 11.4. The van der Waals surface area contributed by atoms with Crippen LogP contribution in [0.3, 0.4) is 0 Å². The Kier molecular flexibility index (Phi) is 4.25. The molecule has 0 spiro atoms. The molecular weight excluding hydrogens is 248 g/mol. The van der Waals surface area contributed by atoms with Gasteiger partial charge in [-0.05, 0) is 36.6 Å². The molecule has 98 valence electrons.